The van der Waals surface area contributed by atoms with Gasteiger partial charge in [-0.2, -0.15) is 0 Å². The zero-order valence-corrected chi connectivity index (χ0v) is 14.5. The van der Waals surface area contributed by atoms with Crippen LogP contribution in [0.1, 0.15) is 31.6 Å². The van der Waals surface area contributed by atoms with Gasteiger partial charge in [-0.05, 0) is 38.3 Å². The van der Waals surface area contributed by atoms with Gasteiger partial charge in [-0.3, -0.25) is 0 Å². The molecular weight excluding hydrogens is 324 g/mol. The van der Waals surface area contributed by atoms with Crippen LogP contribution in [0.4, 0.5) is 4.79 Å². The minimum Gasteiger partial charge on any atom is -0.450 e. The molecule has 0 atom stereocenters. The molecular formula is C14H22N2O4S2. The van der Waals surface area contributed by atoms with Crippen molar-refractivity contribution in [3.8, 4) is 0 Å². The van der Waals surface area contributed by atoms with E-state index < -0.39 is 10.0 Å². The number of carbonyl (C=O) groups is 1. The van der Waals surface area contributed by atoms with Crippen molar-refractivity contribution in [1.82, 2.24) is 9.62 Å². The van der Waals surface area contributed by atoms with E-state index >= 15 is 0 Å². The second kappa shape index (κ2) is 7.43. The molecule has 0 aliphatic carbocycles. The summed E-state index contributed by atoms with van der Waals surface area (Å²) < 4.78 is 32.7. The van der Waals surface area contributed by atoms with E-state index in [2.05, 4.69) is 4.72 Å². The highest BCUT2D eigenvalue weighted by Gasteiger charge is 2.27. The summed E-state index contributed by atoms with van der Waals surface area (Å²) in [6.45, 7) is 5.14. The molecule has 1 aliphatic heterocycles. The third kappa shape index (κ3) is 4.21. The summed E-state index contributed by atoms with van der Waals surface area (Å²) in [6.07, 6.45) is 1.71. The molecule has 0 unspecified atom stereocenters. The molecule has 0 bridgehead atoms. The number of thiophene rings is 1. The van der Waals surface area contributed by atoms with Crippen LogP contribution in [0, 0.1) is 0 Å². The molecule has 0 radical (unpaired) electrons. The van der Waals surface area contributed by atoms with E-state index in [0.29, 0.717) is 36.7 Å². The van der Waals surface area contributed by atoms with Gasteiger partial charge in [0.15, 0.2) is 0 Å². The quantitative estimate of drug-likeness (QED) is 0.887. The molecule has 124 valence electrons. The predicted octanol–water partition coefficient (Wildman–Crippen LogP) is 2.21. The molecule has 1 aromatic heterocycles. The van der Waals surface area contributed by atoms with Gasteiger partial charge in [-0.25, -0.2) is 17.9 Å². The molecule has 1 aromatic rings. The third-order valence-corrected chi connectivity index (χ3v) is 6.83. The number of hydrogen-bond acceptors (Lipinski definition) is 5. The van der Waals surface area contributed by atoms with Crippen LogP contribution in [0.2, 0.25) is 0 Å². The molecule has 1 aliphatic rings. The lowest BCUT2D eigenvalue weighted by Crippen LogP contribution is -2.46. The maximum Gasteiger partial charge on any atom is 0.409 e. The van der Waals surface area contributed by atoms with Crippen LogP contribution in [-0.4, -0.2) is 45.1 Å². The molecule has 1 amide bonds. The van der Waals surface area contributed by atoms with Crippen molar-refractivity contribution in [3.63, 3.8) is 0 Å². The van der Waals surface area contributed by atoms with E-state index in [0.717, 1.165) is 11.3 Å². The minimum atomic E-state index is -3.46. The lowest BCUT2D eigenvalue weighted by Gasteiger charge is -2.31. The number of hydrogen-bond donors (Lipinski definition) is 1. The summed E-state index contributed by atoms with van der Waals surface area (Å²) in [5.41, 5.74) is 0. The van der Waals surface area contributed by atoms with Crippen LogP contribution in [0.3, 0.4) is 0 Å². The van der Waals surface area contributed by atoms with E-state index in [4.69, 9.17) is 4.74 Å². The Morgan fingerprint density at radius 1 is 1.36 bits per heavy atom. The van der Waals surface area contributed by atoms with Gasteiger partial charge in [0, 0.05) is 24.0 Å². The fraction of sp³-hybridized carbons (Fsp3) is 0.643. The van der Waals surface area contributed by atoms with E-state index in [9.17, 15) is 13.2 Å². The van der Waals surface area contributed by atoms with Crippen LogP contribution >= 0.6 is 11.3 Å². The van der Waals surface area contributed by atoms with Crippen molar-refractivity contribution in [2.24, 2.45) is 0 Å². The molecule has 0 aromatic carbocycles. The standard InChI is InChI=1S/C14H22N2O4S2/c1-3-12-5-6-13(21-12)22(18,19)15-11-7-9-16(10-8-11)14(17)20-4-2/h5-6,11,15H,3-4,7-10H2,1-2H3. The van der Waals surface area contributed by atoms with Crippen molar-refractivity contribution >= 4 is 27.5 Å². The second-order valence-electron chi connectivity index (χ2n) is 5.16. The first-order chi connectivity index (χ1) is 10.5. The van der Waals surface area contributed by atoms with Gasteiger partial charge in [0.05, 0.1) is 6.61 Å². The van der Waals surface area contributed by atoms with Gasteiger partial charge in [-0.1, -0.05) is 6.92 Å². The largest absolute Gasteiger partial charge is 0.450 e. The Kier molecular flexibility index (Phi) is 5.82. The van der Waals surface area contributed by atoms with E-state index in [1.165, 1.54) is 11.3 Å². The van der Waals surface area contributed by atoms with Gasteiger partial charge >= 0.3 is 6.09 Å². The van der Waals surface area contributed by atoms with E-state index in [1.807, 2.05) is 13.0 Å². The van der Waals surface area contributed by atoms with Gasteiger partial charge in [0.25, 0.3) is 0 Å². The first kappa shape index (κ1) is 17.2. The monoisotopic (exact) mass is 346 g/mol. The minimum absolute atomic E-state index is 0.136. The highest BCUT2D eigenvalue weighted by molar-refractivity contribution is 7.91. The van der Waals surface area contributed by atoms with Crippen molar-refractivity contribution in [3.05, 3.63) is 17.0 Å². The third-order valence-electron chi connectivity index (χ3n) is 3.59. The first-order valence-electron chi connectivity index (χ1n) is 7.49. The molecule has 0 spiro atoms. The molecule has 1 N–H and O–H groups in total. The Labute approximate surface area is 135 Å². The second-order valence-corrected chi connectivity index (χ2v) is 8.26. The summed E-state index contributed by atoms with van der Waals surface area (Å²) >= 11 is 1.31. The highest BCUT2D eigenvalue weighted by Crippen LogP contribution is 2.23. The number of ether oxygens (including phenoxy) is 1. The van der Waals surface area contributed by atoms with Crippen LogP contribution in [-0.2, 0) is 21.2 Å². The van der Waals surface area contributed by atoms with Crippen LogP contribution in [0.15, 0.2) is 16.3 Å². The number of rotatable bonds is 5. The molecule has 8 heteroatoms. The molecule has 22 heavy (non-hydrogen) atoms. The fourth-order valence-corrected chi connectivity index (χ4v) is 4.98. The van der Waals surface area contributed by atoms with Gasteiger partial charge in [0.2, 0.25) is 10.0 Å². The molecule has 1 fully saturated rings. The summed E-state index contributed by atoms with van der Waals surface area (Å²) in [7, 11) is -3.46. The van der Waals surface area contributed by atoms with Crippen LogP contribution in [0.25, 0.3) is 0 Å². The number of amides is 1. The van der Waals surface area contributed by atoms with Crippen molar-refractivity contribution in [1.29, 1.82) is 0 Å². The van der Waals surface area contributed by atoms with Gasteiger partial charge in [-0.15, -0.1) is 11.3 Å². The number of nitrogens with one attached hydrogen (secondary N) is 1. The highest BCUT2D eigenvalue weighted by atomic mass is 32.2. The Hall–Kier alpha value is -1.12. The Bertz CT molecular complexity index is 604. The zero-order valence-electron chi connectivity index (χ0n) is 12.9. The van der Waals surface area contributed by atoms with Crippen LogP contribution in [0.5, 0.6) is 0 Å². The lowest BCUT2D eigenvalue weighted by molar-refractivity contribution is 0.0966. The average molecular weight is 346 g/mol. The number of piperidine rings is 1. The Morgan fingerprint density at radius 2 is 2.05 bits per heavy atom. The van der Waals surface area contributed by atoms with E-state index in [1.54, 1.807) is 17.9 Å². The molecule has 1 saturated heterocycles. The summed E-state index contributed by atoms with van der Waals surface area (Å²) in [5, 5.41) is 0. The SMILES string of the molecule is CCOC(=O)N1CCC(NS(=O)(=O)c2ccc(CC)s2)CC1. The van der Waals surface area contributed by atoms with E-state index in [-0.39, 0.29) is 12.1 Å². The normalized spacial score (nSPS) is 16.7. The number of nitrogens with zero attached hydrogens (tertiary/aromatic N) is 1. The summed E-state index contributed by atoms with van der Waals surface area (Å²) in [4.78, 5) is 14.3. The summed E-state index contributed by atoms with van der Waals surface area (Å²) in [5.74, 6) is 0. The summed E-state index contributed by atoms with van der Waals surface area (Å²) in [6, 6.07) is 3.37. The first-order valence-corrected chi connectivity index (χ1v) is 9.79. The Balaban J connectivity index is 1.91. The lowest BCUT2D eigenvalue weighted by atomic mass is 10.1. The maximum absolute atomic E-state index is 12.3. The van der Waals surface area contributed by atoms with Crippen molar-refractivity contribution in [2.45, 2.75) is 43.4 Å². The fourth-order valence-electron chi connectivity index (χ4n) is 2.36. The number of carbonyl (C=O) groups excluding carboxylic acids is 1. The Morgan fingerprint density at radius 3 is 2.59 bits per heavy atom. The molecule has 2 rings (SSSR count). The van der Waals surface area contributed by atoms with Gasteiger partial charge in [0.1, 0.15) is 4.21 Å². The zero-order chi connectivity index (χ0) is 16.2. The smallest absolute Gasteiger partial charge is 0.409 e. The maximum atomic E-state index is 12.3. The topological polar surface area (TPSA) is 75.7 Å². The number of likely N-dealkylation sites (tertiary alicyclic amines) is 1. The van der Waals surface area contributed by atoms with Crippen molar-refractivity contribution < 1.29 is 17.9 Å². The predicted molar refractivity (Wildman–Crippen MR) is 85.6 cm³/mol. The van der Waals surface area contributed by atoms with Crippen LogP contribution < -0.4 is 4.72 Å². The average Bonchev–Trinajstić information content (AvgIpc) is 2.98. The van der Waals surface area contributed by atoms with Gasteiger partial charge < -0.3 is 9.64 Å². The molecule has 2 heterocycles. The molecule has 0 saturated carbocycles. The number of aryl methyl sites for hydroxylation is 1. The molecule has 6 nitrogen and oxygen atoms in total. The van der Waals surface area contributed by atoms with Crippen molar-refractivity contribution in [2.75, 3.05) is 19.7 Å². The number of sulfonamides is 1.